The number of hydrogen-bond acceptors (Lipinski definition) is 6. The number of nitrogens with one attached hydrogen (secondary N) is 2. The average molecular weight is 332 g/mol. The van der Waals surface area contributed by atoms with Gasteiger partial charge in [0.1, 0.15) is 0 Å². The van der Waals surface area contributed by atoms with E-state index in [1.165, 1.54) is 6.21 Å². The second-order valence-electron chi connectivity index (χ2n) is 5.23. The number of hydrazone groups is 2. The molecule has 0 aliphatic carbocycles. The van der Waals surface area contributed by atoms with Gasteiger partial charge in [-0.3, -0.25) is 9.59 Å². The highest BCUT2D eigenvalue weighted by atomic mass is 16.5. The van der Waals surface area contributed by atoms with Crippen molar-refractivity contribution < 1.29 is 19.1 Å². The first-order chi connectivity index (χ1) is 11.5. The highest BCUT2D eigenvalue weighted by Crippen LogP contribution is 2.26. The Balaban J connectivity index is 1.84. The van der Waals surface area contributed by atoms with Crippen molar-refractivity contribution in [1.29, 1.82) is 0 Å². The van der Waals surface area contributed by atoms with E-state index in [4.69, 9.17) is 9.47 Å². The molecular formula is C16H20N4O4. The Morgan fingerprint density at radius 3 is 2.75 bits per heavy atom. The molecule has 2 rings (SSSR count). The number of carbonyl (C=O) groups is 2. The molecule has 0 radical (unpaired) electrons. The molecule has 0 fully saturated rings. The van der Waals surface area contributed by atoms with Gasteiger partial charge in [-0.2, -0.15) is 10.2 Å². The van der Waals surface area contributed by atoms with Crippen LogP contribution in [0.4, 0.5) is 0 Å². The molecule has 1 aromatic carbocycles. The zero-order valence-corrected chi connectivity index (χ0v) is 13.8. The van der Waals surface area contributed by atoms with E-state index in [1.54, 1.807) is 39.3 Å². The second kappa shape index (κ2) is 8.09. The van der Waals surface area contributed by atoms with Crippen LogP contribution in [0.2, 0.25) is 0 Å². The van der Waals surface area contributed by atoms with Gasteiger partial charge in [-0.25, -0.2) is 10.9 Å². The number of hydrogen-bond donors (Lipinski definition) is 2. The average Bonchev–Trinajstić information content (AvgIpc) is 2.91. The maximum atomic E-state index is 11.8. The van der Waals surface area contributed by atoms with Gasteiger partial charge in [0.15, 0.2) is 11.5 Å². The third-order valence-corrected chi connectivity index (χ3v) is 3.63. The third kappa shape index (κ3) is 4.31. The molecule has 0 spiro atoms. The van der Waals surface area contributed by atoms with E-state index in [-0.39, 0.29) is 24.2 Å². The van der Waals surface area contributed by atoms with Crippen LogP contribution in [-0.2, 0) is 9.59 Å². The number of rotatable bonds is 7. The fourth-order valence-electron chi connectivity index (χ4n) is 2.27. The van der Waals surface area contributed by atoms with Crippen LogP contribution in [-0.4, -0.2) is 38.0 Å². The molecule has 2 N–H and O–H groups in total. The Morgan fingerprint density at radius 2 is 2.12 bits per heavy atom. The Kier molecular flexibility index (Phi) is 5.89. The van der Waals surface area contributed by atoms with E-state index in [1.807, 2.05) is 0 Å². The van der Waals surface area contributed by atoms with Crippen molar-refractivity contribution in [1.82, 2.24) is 10.9 Å². The normalized spacial score (nSPS) is 16.7. The molecule has 0 saturated heterocycles. The molecule has 1 heterocycles. The molecule has 0 bridgehead atoms. The van der Waals surface area contributed by atoms with Gasteiger partial charge in [-0.15, -0.1) is 0 Å². The molecular weight excluding hydrogens is 312 g/mol. The highest BCUT2D eigenvalue weighted by Gasteiger charge is 2.26. The van der Waals surface area contributed by atoms with E-state index >= 15 is 0 Å². The first-order valence-electron chi connectivity index (χ1n) is 7.43. The van der Waals surface area contributed by atoms with Gasteiger partial charge in [-0.1, -0.05) is 0 Å². The third-order valence-electron chi connectivity index (χ3n) is 3.63. The number of nitrogens with zero attached hydrogens (tertiary/aromatic N) is 2. The number of ether oxygens (including phenoxy) is 2. The minimum Gasteiger partial charge on any atom is -0.493 e. The molecule has 1 atom stereocenters. The molecule has 1 aromatic rings. The lowest BCUT2D eigenvalue weighted by Crippen LogP contribution is -2.25. The van der Waals surface area contributed by atoms with Gasteiger partial charge >= 0.3 is 0 Å². The van der Waals surface area contributed by atoms with Gasteiger partial charge in [0.05, 0.1) is 26.4 Å². The van der Waals surface area contributed by atoms with Crippen LogP contribution in [0.1, 0.15) is 25.3 Å². The topological polar surface area (TPSA) is 101 Å². The zero-order chi connectivity index (χ0) is 17.5. The van der Waals surface area contributed by atoms with Crippen molar-refractivity contribution in [3.05, 3.63) is 23.8 Å². The molecule has 0 saturated carbocycles. The van der Waals surface area contributed by atoms with Gasteiger partial charge in [-0.05, 0) is 37.1 Å². The van der Waals surface area contributed by atoms with E-state index in [0.29, 0.717) is 23.6 Å². The Hall–Kier alpha value is -2.90. The molecule has 8 heteroatoms. The fraction of sp³-hybridized carbons (Fsp3) is 0.375. The molecule has 24 heavy (non-hydrogen) atoms. The van der Waals surface area contributed by atoms with E-state index in [2.05, 4.69) is 21.1 Å². The lowest BCUT2D eigenvalue weighted by atomic mass is 9.99. The summed E-state index contributed by atoms with van der Waals surface area (Å²) in [5.41, 5.74) is 6.28. The van der Waals surface area contributed by atoms with E-state index in [9.17, 15) is 9.59 Å². The van der Waals surface area contributed by atoms with E-state index < -0.39 is 0 Å². The van der Waals surface area contributed by atoms with Crippen LogP contribution in [0, 0.1) is 5.92 Å². The number of amides is 2. The summed E-state index contributed by atoms with van der Waals surface area (Å²) < 4.78 is 10.3. The van der Waals surface area contributed by atoms with Crippen molar-refractivity contribution in [2.75, 3.05) is 14.2 Å². The zero-order valence-electron chi connectivity index (χ0n) is 13.8. The van der Waals surface area contributed by atoms with Crippen molar-refractivity contribution in [3.8, 4) is 11.5 Å². The van der Waals surface area contributed by atoms with Crippen LogP contribution >= 0.6 is 0 Å². The summed E-state index contributed by atoms with van der Waals surface area (Å²) >= 11 is 0. The molecule has 2 amide bonds. The summed E-state index contributed by atoms with van der Waals surface area (Å²) in [5.74, 6) is 0.416. The van der Waals surface area contributed by atoms with Crippen LogP contribution in [0.25, 0.3) is 0 Å². The van der Waals surface area contributed by atoms with Crippen LogP contribution in [0.5, 0.6) is 11.5 Å². The predicted octanol–water partition coefficient (Wildman–Crippen LogP) is 1.06. The summed E-state index contributed by atoms with van der Waals surface area (Å²) in [4.78, 5) is 23.3. The number of benzene rings is 1. The summed E-state index contributed by atoms with van der Waals surface area (Å²) in [5, 5.41) is 7.75. The predicted molar refractivity (Wildman–Crippen MR) is 89.3 cm³/mol. The summed E-state index contributed by atoms with van der Waals surface area (Å²) in [6, 6.07) is 5.29. The molecule has 8 nitrogen and oxygen atoms in total. The maximum absolute atomic E-state index is 11.8. The summed E-state index contributed by atoms with van der Waals surface area (Å²) in [7, 11) is 3.11. The van der Waals surface area contributed by atoms with Crippen molar-refractivity contribution in [2.24, 2.45) is 16.1 Å². The largest absolute Gasteiger partial charge is 0.493 e. The molecule has 128 valence electrons. The Labute approximate surface area is 139 Å². The minimum atomic E-state index is -0.342. The molecule has 0 aromatic heterocycles. The summed E-state index contributed by atoms with van der Waals surface area (Å²) in [6.07, 6.45) is 2.10. The van der Waals surface area contributed by atoms with Crippen molar-refractivity contribution in [2.45, 2.75) is 19.8 Å². The number of carbonyl (C=O) groups excluding carboxylic acids is 2. The maximum Gasteiger partial charge on any atom is 0.248 e. The monoisotopic (exact) mass is 332 g/mol. The number of methoxy groups -OCH3 is 2. The van der Waals surface area contributed by atoms with Crippen molar-refractivity contribution in [3.63, 3.8) is 0 Å². The molecule has 1 aliphatic heterocycles. The Bertz CT molecular complexity index is 685. The van der Waals surface area contributed by atoms with Gasteiger partial charge in [0.2, 0.25) is 11.8 Å². The molecule has 1 unspecified atom stereocenters. The van der Waals surface area contributed by atoms with Gasteiger partial charge < -0.3 is 9.47 Å². The first-order valence-corrected chi connectivity index (χ1v) is 7.43. The Morgan fingerprint density at radius 1 is 1.38 bits per heavy atom. The standard InChI is InChI=1S/C16H20N4O4/c1-10-12(16(22)20-18-10)5-7-15(21)19-17-9-11-4-6-13(23-2)14(8-11)24-3/h4,6,8-9,12H,5,7H2,1-3H3,(H,19,21)(H,20,22)/b17-9+. The fourth-order valence-corrected chi connectivity index (χ4v) is 2.27. The van der Waals surface area contributed by atoms with Crippen LogP contribution in [0.3, 0.4) is 0 Å². The lowest BCUT2D eigenvalue weighted by molar-refractivity contribution is -0.123. The van der Waals surface area contributed by atoms with Crippen LogP contribution in [0.15, 0.2) is 28.4 Å². The van der Waals surface area contributed by atoms with E-state index in [0.717, 1.165) is 5.56 Å². The molecule has 1 aliphatic rings. The second-order valence-corrected chi connectivity index (χ2v) is 5.23. The van der Waals surface area contributed by atoms with Gasteiger partial charge in [0, 0.05) is 12.1 Å². The summed E-state index contributed by atoms with van der Waals surface area (Å²) in [6.45, 7) is 1.76. The van der Waals surface area contributed by atoms with Crippen molar-refractivity contribution >= 4 is 23.7 Å². The quantitative estimate of drug-likeness (QED) is 0.576. The first kappa shape index (κ1) is 17.5. The minimum absolute atomic E-state index is 0.172. The van der Waals surface area contributed by atoms with Gasteiger partial charge in [0.25, 0.3) is 0 Å². The smallest absolute Gasteiger partial charge is 0.248 e. The SMILES string of the molecule is COc1ccc(/C=N/NC(=O)CCC2C(=O)NN=C2C)cc1OC. The highest BCUT2D eigenvalue weighted by molar-refractivity contribution is 6.07. The lowest BCUT2D eigenvalue weighted by Gasteiger charge is -2.07. The van der Waals surface area contributed by atoms with Crippen LogP contribution < -0.4 is 20.3 Å².